The van der Waals surface area contributed by atoms with Gasteiger partial charge in [-0.05, 0) is 57.7 Å². The minimum absolute atomic E-state index is 0.128. The van der Waals surface area contributed by atoms with Gasteiger partial charge in [-0.15, -0.1) is 0 Å². The monoisotopic (exact) mass is 393 g/mol. The Bertz CT molecular complexity index is 527. The highest BCUT2D eigenvalue weighted by atomic mass is 79.9. The number of thiophene rings is 1. The van der Waals surface area contributed by atoms with Crippen molar-refractivity contribution >= 4 is 54.8 Å². The lowest BCUT2D eigenvalue weighted by Gasteiger charge is -2.18. The topological polar surface area (TPSA) is 12.0 Å². The predicted molar refractivity (Wildman–Crippen MR) is 82.1 cm³/mol. The van der Waals surface area contributed by atoms with Crippen LogP contribution in [0.25, 0.3) is 0 Å². The number of hydrogen-bond donors (Lipinski definition) is 1. The normalized spacial score (nSPS) is 12.7. The van der Waals surface area contributed by atoms with E-state index in [1.807, 2.05) is 25.2 Å². The fraction of sp³-hybridized carbons (Fsp3) is 0.167. The maximum absolute atomic E-state index is 6.06. The van der Waals surface area contributed by atoms with E-state index in [1.54, 1.807) is 11.3 Å². The molecule has 0 bridgehead atoms. The van der Waals surface area contributed by atoms with Crippen LogP contribution < -0.4 is 5.32 Å². The molecule has 1 heterocycles. The van der Waals surface area contributed by atoms with Crippen molar-refractivity contribution in [1.82, 2.24) is 5.32 Å². The van der Waals surface area contributed by atoms with E-state index in [4.69, 9.17) is 11.6 Å². The van der Waals surface area contributed by atoms with Crippen LogP contribution in [-0.4, -0.2) is 7.05 Å². The van der Waals surface area contributed by atoms with E-state index in [0.29, 0.717) is 0 Å². The summed E-state index contributed by atoms with van der Waals surface area (Å²) in [6.07, 6.45) is 0. The van der Waals surface area contributed by atoms with E-state index in [9.17, 15) is 0 Å². The molecule has 0 aliphatic rings. The molecule has 17 heavy (non-hydrogen) atoms. The Morgan fingerprint density at radius 1 is 1.18 bits per heavy atom. The van der Waals surface area contributed by atoms with E-state index in [2.05, 4.69) is 47.9 Å². The second-order valence-electron chi connectivity index (χ2n) is 3.56. The highest BCUT2D eigenvalue weighted by Gasteiger charge is 2.18. The van der Waals surface area contributed by atoms with Crippen LogP contribution in [0.3, 0.4) is 0 Å². The Morgan fingerprint density at radius 2 is 1.94 bits per heavy atom. The van der Waals surface area contributed by atoms with Gasteiger partial charge < -0.3 is 5.32 Å². The molecule has 1 atom stereocenters. The van der Waals surface area contributed by atoms with Crippen molar-refractivity contribution in [3.05, 3.63) is 54.1 Å². The van der Waals surface area contributed by atoms with Gasteiger partial charge in [0.25, 0.3) is 0 Å². The standard InChI is InChI=1S/C12H10Br2ClNS/c1-16-12(9-5-17-6-11(9)14)8-4-7(15)2-3-10(8)13/h2-6,12,16H,1H3. The summed E-state index contributed by atoms with van der Waals surface area (Å²) in [5.41, 5.74) is 2.36. The third-order valence-corrected chi connectivity index (χ3v) is 5.22. The largest absolute Gasteiger partial charge is 0.309 e. The van der Waals surface area contributed by atoms with E-state index < -0.39 is 0 Å². The van der Waals surface area contributed by atoms with Gasteiger partial charge >= 0.3 is 0 Å². The predicted octanol–water partition coefficient (Wildman–Crippen LogP) is 5.24. The zero-order valence-corrected chi connectivity index (χ0v) is 13.8. The average Bonchev–Trinajstić information content (AvgIpc) is 2.71. The SMILES string of the molecule is CNC(c1cscc1Br)c1cc(Cl)ccc1Br. The number of nitrogens with one attached hydrogen (secondary N) is 1. The molecule has 1 unspecified atom stereocenters. The van der Waals surface area contributed by atoms with Crippen molar-refractivity contribution in [2.24, 2.45) is 0 Å². The summed E-state index contributed by atoms with van der Waals surface area (Å²) in [7, 11) is 1.95. The first kappa shape index (κ1) is 13.6. The molecule has 0 saturated heterocycles. The molecule has 0 fully saturated rings. The number of halogens is 3. The van der Waals surface area contributed by atoms with E-state index >= 15 is 0 Å². The fourth-order valence-corrected chi connectivity index (χ4v) is 3.92. The molecular formula is C12H10Br2ClNS. The van der Waals surface area contributed by atoms with Crippen LogP contribution in [0.1, 0.15) is 17.2 Å². The maximum Gasteiger partial charge on any atom is 0.0605 e. The molecule has 0 amide bonds. The van der Waals surface area contributed by atoms with Crippen LogP contribution in [-0.2, 0) is 0 Å². The van der Waals surface area contributed by atoms with Gasteiger partial charge in [0.05, 0.1) is 6.04 Å². The first-order chi connectivity index (χ1) is 8.13. The van der Waals surface area contributed by atoms with Gasteiger partial charge in [0.2, 0.25) is 0 Å². The van der Waals surface area contributed by atoms with Gasteiger partial charge in [0, 0.05) is 19.3 Å². The average molecular weight is 396 g/mol. The Balaban J connectivity index is 2.49. The smallest absolute Gasteiger partial charge is 0.0605 e. The van der Waals surface area contributed by atoms with Gasteiger partial charge in [-0.1, -0.05) is 27.5 Å². The Labute approximate surface area is 126 Å². The van der Waals surface area contributed by atoms with Crippen LogP contribution in [0.4, 0.5) is 0 Å². The molecule has 1 N–H and O–H groups in total. The summed E-state index contributed by atoms with van der Waals surface area (Å²) >= 11 is 14.9. The Morgan fingerprint density at radius 3 is 2.53 bits per heavy atom. The first-order valence-corrected chi connectivity index (χ1v) is 7.88. The lowest BCUT2D eigenvalue weighted by molar-refractivity contribution is 0.689. The van der Waals surface area contributed by atoms with Crippen molar-refractivity contribution in [1.29, 1.82) is 0 Å². The highest BCUT2D eigenvalue weighted by Crippen LogP contribution is 2.35. The summed E-state index contributed by atoms with van der Waals surface area (Å²) in [6.45, 7) is 0. The van der Waals surface area contributed by atoms with Gasteiger partial charge in [0.15, 0.2) is 0 Å². The minimum Gasteiger partial charge on any atom is -0.309 e. The lowest BCUT2D eigenvalue weighted by atomic mass is 10.0. The maximum atomic E-state index is 6.06. The van der Waals surface area contributed by atoms with Crippen molar-refractivity contribution in [2.75, 3.05) is 7.05 Å². The molecule has 0 saturated carbocycles. The number of rotatable bonds is 3. The van der Waals surface area contributed by atoms with Crippen LogP contribution in [0.2, 0.25) is 5.02 Å². The van der Waals surface area contributed by atoms with Gasteiger partial charge in [-0.2, -0.15) is 11.3 Å². The van der Waals surface area contributed by atoms with Crippen molar-refractivity contribution in [3.8, 4) is 0 Å². The third kappa shape index (κ3) is 2.93. The molecule has 0 spiro atoms. The minimum atomic E-state index is 0.128. The molecule has 2 aromatic rings. The van der Waals surface area contributed by atoms with Crippen molar-refractivity contribution < 1.29 is 0 Å². The summed E-state index contributed by atoms with van der Waals surface area (Å²) in [5.74, 6) is 0. The van der Waals surface area contributed by atoms with E-state index in [0.717, 1.165) is 19.5 Å². The molecule has 1 aromatic carbocycles. The Hall–Kier alpha value is 0.130. The number of hydrogen-bond acceptors (Lipinski definition) is 2. The number of benzene rings is 1. The van der Waals surface area contributed by atoms with Gasteiger partial charge in [0.1, 0.15) is 0 Å². The van der Waals surface area contributed by atoms with Crippen molar-refractivity contribution in [3.63, 3.8) is 0 Å². The summed E-state index contributed by atoms with van der Waals surface area (Å²) in [4.78, 5) is 0. The van der Waals surface area contributed by atoms with E-state index in [1.165, 1.54) is 5.56 Å². The molecule has 2 rings (SSSR count). The van der Waals surface area contributed by atoms with Gasteiger partial charge in [-0.3, -0.25) is 0 Å². The van der Waals surface area contributed by atoms with Crippen LogP contribution in [0.15, 0.2) is 37.9 Å². The molecule has 0 aliphatic carbocycles. The molecule has 5 heteroatoms. The molecular weight excluding hydrogens is 385 g/mol. The van der Waals surface area contributed by atoms with Gasteiger partial charge in [-0.25, -0.2) is 0 Å². The zero-order valence-electron chi connectivity index (χ0n) is 9.01. The lowest BCUT2D eigenvalue weighted by Crippen LogP contribution is -2.17. The molecule has 1 nitrogen and oxygen atoms in total. The molecule has 0 radical (unpaired) electrons. The fourth-order valence-electron chi connectivity index (χ4n) is 1.71. The second kappa shape index (κ2) is 5.85. The second-order valence-corrected chi connectivity index (χ2v) is 6.45. The van der Waals surface area contributed by atoms with Crippen LogP contribution in [0, 0.1) is 0 Å². The summed E-state index contributed by atoms with van der Waals surface area (Å²) < 4.78 is 2.17. The molecule has 0 aliphatic heterocycles. The van der Waals surface area contributed by atoms with Crippen LogP contribution in [0.5, 0.6) is 0 Å². The first-order valence-electron chi connectivity index (χ1n) is 4.97. The van der Waals surface area contributed by atoms with Crippen LogP contribution >= 0.6 is 54.8 Å². The van der Waals surface area contributed by atoms with E-state index in [-0.39, 0.29) is 6.04 Å². The molecule has 1 aromatic heterocycles. The zero-order chi connectivity index (χ0) is 12.4. The Kier molecular flexibility index (Phi) is 4.66. The summed E-state index contributed by atoms with van der Waals surface area (Å²) in [5, 5.41) is 8.28. The van der Waals surface area contributed by atoms with Crippen molar-refractivity contribution in [2.45, 2.75) is 6.04 Å². The highest BCUT2D eigenvalue weighted by molar-refractivity contribution is 9.10. The third-order valence-electron chi connectivity index (χ3n) is 2.51. The summed E-state index contributed by atoms with van der Waals surface area (Å²) in [6, 6.07) is 5.97. The molecule has 90 valence electrons. The quantitative estimate of drug-likeness (QED) is 0.750.